The molecule has 1 fully saturated rings. The van der Waals surface area contributed by atoms with E-state index in [0.717, 1.165) is 13.5 Å². The van der Waals surface area contributed by atoms with Gasteiger partial charge in [0.15, 0.2) is 6.29 Å². The molecule has 0 amide bonds. The number of aliphatic hydroxyl groups is 2. The molecule has 3 unspecified atom stereocenters. The van der Waals surface area contributed by atoms with Gasteiger partial charge in [0.25, 0.3) is 0 Å². The third-order valence-corrected chi connectivity index (χ3v) is 1.72. The van der Waals surface area contributed by atoms with Crippen molar-refractivity contribution < 1.29 is 19.7 Å². The molecule has 1 heterocycles. The quantitative estimate of drug-likeness (QED) is 0.599. The average Bonchev–Trinajstić information content (AvgIpc) is 2.06. The summed E-state index contributed by atoms with van der Waals surface area (Å²) in [5, 5.41) is 16.2. The van der Waals surface area contributed by atoms with Gasteiger partial charge >= 0.3 is 0 Å². The zero-order valence-electron chi connectivity index (χ0n) is 7.86. The molecule has 0 saturated carbocycles. The van der Waals surface area contributed by atoms with Crippen molar-refractivity contribution in [2.45, 2.75) is 38.3 Å². The maximum Gasteiger partial charge on any atom is 0.160 e. The number of aliphatic hydroxyl groups excluding tert-OH is 2. The highest BCUT2D eigenvalue weighted by molar-refractivity contribution is 4.69. The zero-order valence-corrected chi connectivity index (χ0v) is 7.86. The molecule has 12 heavy (non-hydrogen) atoms. The number of hydrogen-bond donors (Lipinski definition) is 2. The fraction of sp³-hybridized carbons (Fsp3) is 1.00. The summed E-state index contributed by atoms with van der Waals surface area (Å²) in [7, 11) is 2.59. The largest absolute Gasteiger partial charge is 0.400 e. The van der Waals surface area contributed by atoms with Crippen LogP contribution in [0.25, 0.3) is 0 Å². The first-order valence-corrected chi connectivity index (χ1v) is 4.03. The van der Waals surface area contributed by atoms with Gasteiger partial charge in [-0.25, -0.2) is 0 Å². The van der Waals surface area contributed by atoms with E-state index in [1.165, 1.54) is 0 Å². The van der Waals surface area contributed by atoms with Crippen molar-refractivity contribution in [3.63, 3.8) is 0 Å². The summed E-state index contributed by atoms with van der Waals surface area (Å²) in [5.74, 6) is 0. The molecule has 1 aliphatic heterocycles. The van der Waals surface area contributed by atoms with Crippen molar-refractivity contribution >= 4 is 0 Å². The minimum atomic E-state index is -0.256. The zero-order chi connectivity index (χ0) is 9.56. The molecular weight excluding hydrogens is 160 g/mol. The van der Waals surface area contributed by atoms with Gasteiger partial charge in [0.05, 0.1) is 12.2 Å². The van der Waals surface area contributed by atoms with Gasteiger partial charge in [-0.1, -0.05) is 0 Å². The van der Waals surface area contributed by atoms with Crippen molar-refractivity contribution in [2.24, 2.45) is 0 Å². The van der Waals surface area contributed by atoms with Crippen LogP contribution < -0.4 is 0 Å². The topological polar surface area (TPSA) is 58.9 Å². The molecule has 4 nitrogen and oxygen atoms in total. The second-order valence-electron chi connectivity index (χ2n) is 2.74. The number of hydrogen-bond acceptors (Lipinski definition) is 4. The highest BCUT2D eigenvalue weighted by atomic mass is 16.7. The molecule has 0 bridgehead atoms. The Bertz CT molecular complexity index is 97.2. The Kier molecular flexibility index (Phi) is 6.28. The maximum atomic E-state index is 9.22. The van der Waals surface area contributed by atoms with Crippen LogP contribution in [-0.2, 0) is 9.47 Å². The van der Waals surface area contributed by atoms with Gasteiger partial charge < -0.3 is 19.7 Å². The molecule has 1 aliphatic rings. The van der Waals surface area contributed by atoms with Crippen LogP contribution in [0.5, 0.6) is 0 Å². The first-order valence-electron chi connectivity index (χ1n) is 4.03. The Morgan fingerprint density at radius 3 is 2.33 bits per heavy atom. The van der Waals surface area contributed by atoms with Crippen LogP contribution >= 0.6 is 0 Å². The van der Waals surface area contributed by atoms with E-state index < -0.39 is 0 Å². The average molecular weight is 178 g/mol. The van der Waals surface area contributed by atoms with Gasteiger partial charge in [-0.05, 0) is 13.3 Å². The number of rotatable bonds is 1. The molecule has 3 atom stereocenters. The minimum absolute atomic E-state index is 0.119. The van der Waals surface area contributed by atoms with Crippen LogP contribution in [0.1, 0.15) is 19.8 Å². The molecule has 0 radical (unpaired) electrons. The smallest absolute Gasteiger partial charge is 0.160 e. The van der Waals surface area contributed by atoms with Crippen molar-refractivity contribution in [1.82, 2.24) is 0 Å². The Morgan fingerprint density at radius 1 is 1.33 bits per heavy atom. The van der Waals surface area contributed by atoms with Crippen molar-refractivity contribution in [3.8, 4) is 0 Å². The second-order valence-corrected chi connectivity index (χ2v) is 2.74. The van der Waals surface area contributed by atoms with Gasteiger partial charge in [0, 0.05) is 20.6 Å². The van der Waals surface area contributed by atoms with Gasteiger partial charge in [0.1, 0.15) is 0 Å². The van der Waals surface area contributed by atoms with E-state index in [1.54, 1.807) is 7.11 Å². The third kappa shape index (κ3) is 4.01. The van der Waals surface area contributed by atoms with Crippen molar-refractivity contribution in [2.75, 3.05) is 14.2 Å². The molecular formula is C8H18O4. The SMILES string of the molecule is CO.COC1CC(O)CC(C)O1. The van der Waals surface area contributed by atoms with Crippen LogP contribution in [0.15, 0.2) is 0 Å². The van der Waals surface area contributed by atoms with Crippen LogP contribution in [0, 0.1) is 0 Å². The lowest BCUT2D eigenvalue weighted by Crippen LogP contribution is -2.34. The minimum Gasteiger partial charge on any atom is -0.400 e. The molecule has 2 N–H and O–H groups in total. The maximum absolute atomic E-state index is 9.22. The number of methoxy groups -OCH3 is 1. The molecule has 1 rings (SSSR count). The van der Waals surface area contributed by atoms with Crippen LogP contribution in [0.3, 0.4) is 0 Å². The van der Waals surface area contributed by atoms with E-state index in [4.69, 9.17) is 14.6 Å². The first-order chi connectivity index (χ1) is 5.72. The van der Waals surface area contributed by atoms with E-state index in [0.29, 0.717) is 6.42 Å². The highest BCUT2D eigenvalue weighted by Gasteiger charge is 2.24. The summed E-state index contributed by atoms with van der Waals surface area (Å²) in [4.78, 5) is 0. The predicted octanol–water partition coefficient (Wildman–Crippen LogP) is 0.127. The highest BCUT2D eigenvalue weighted by Crippen LogP contribution is 2.19. The second kappa shape index (κ2) is 6.37. The molecule has 0 aliphatic carbocycles. The van der Waals surface area contributed by atoms with Crippen LogP contribution in [0.2, 0.25) is 0 Å². The molecule has 0 spiro atoms. The lowest BCUT2D eigenvalue weighted by atomic mass is 10.1. The fourth-order valence-electron chi connectivity index (χ4n) is 1.22. The number of ether oxygens (including phenoxy) is 2. The van der Waals surface area contributed by atoms with Crippen molar-refractivity contribution in [1.29, 1.82) is 0 Å². The Labute approximate surface area is 73.1 Å². The van der Waals surface area contributed by atoms with E-state index in [1.807, 2.05) is 6.92 Å². The normalized spacial score (nSPS) is 35.2. The monoisotopic (exact) mass is 178 g/mol. The lowest BCUT2D eigenvalue weighted by molar-refractivity contribution is -0.198. The first kappa shape index (κ1) is 11.8. The van der Waals surface area contributed by atoms with E-state index in [2.05, 4.69) is 0 Å². The lowest BCUT2D eigenvalue weighted by Gasteiger charge is -2.29. The molecule has 0 aromatic rings. The van der Waals surface area contributed by atoms with Crippen LogP contribution in [-0.4, -0.2) is 42.9 Å². The van der Waals surface area contributed by atoms with Crippen molar-refractivity contribution in [3.05, 3.63) is 0 Å². The van der Waals surface area contributed by atoms with E-state index in [9.17, 15) is 5.11 Å². The summed E-state index contributed by atoms with van der Waals surface area (Å²) in [6, 6.07) is 0. The summed E-state index contributed by atoms with van der Waals surface area (Å²) in [6.07, 6.45) is 0.974. The molecule has 0 aromatic heterocycles. The molecule has 74 valence electrons. The van der Waals surface area contributed by atoms with Gasteiger partial charge in [-0.2, -0.15) is 0 Å². The van der Waals surface area contributed by atoms with E-state index in [-0.39, 0.29) is 18.5 Å². The Hall–Kier alpha value is -0.160. The Morgan fingerprint density at radius 2 is 1.92 bits per heavy atom. The van der Waals surface area contributed by atoms with Gasteiger partial charge in [-0.15, -0.1) is 0 Å². The summed E-state index contributed by atoms with van der Waals surface area (Å²) < 4.78 is 10.3. The molecule has 4 heteroatoms. The van der Waals surface area contributed by atoms with Gasteiger partial charge in [0.2, 0.25) is 0 Å². The predicted molar refractivity (Wildman–Crippen MR) is 44.7 cm³/mol. The van der Waals surface area contributed by atoms with Crippen LogP contribution in [0.4, 0.5) is 0 Å². The summed E-state index contributed by atoms with van der Waals surface area (Å²) >= 11 is 0. The molecule has 0 aromatic carbocycles. The third-order valence-electron chi connectivity index (χ3n) is 1.72. The summed E-state index contributed by atoms with van der Waals surface area (Å²) in [6.45, 7) is 1.94. The molecule has 1 saturated heterocycles. The summed E-state index contributed by atoms with van der Waals surface area (Å²) in [5.41, 5.74) is 0. The fourth-order valence-corrected chi connectivity index (χ4v) is 1.22. The Balaban J connectivity index is 0.000000561. The van der Waals surface area contributed by atoms with E-state index >= 15 is 0 Å². The van der Waals surface area contributed by atoms with Gasteiger partial charge in [-0.3, -0.25) is 0 Å². The standard InChI is InChI=1S/C7H14O3.CH4O/c1-5-3-6(8)4-7(9-2)10-5;1-2/h5-8H,3-4H2,1-2H3;2H,1H3.